The number of nitrogens with zero attached hydrogens (tertiary/aromatic N) is 2. The third-order valence-corrected chi connectivity index (χ3v) is 2.50. The van der Waals surface area contributed by atoms with Crippen LogP contribution in [0.4, 0.5) is 10.5 Å². The molecule has 0 saturated heterocycles. The number of benzene rings is 1. The van der Waals surface area contributed by atoms with Crippen molar-refractivity contribution in [2.24, 2.45) is 0 Å². The van der Waals surface area contributed by atoms with Crippen LogP contribution in [0.5, 0.6) is 0 Å². The zero-order chi connectivity index (χ0) is 15.2. The van der Waals surface area contributed by atoms with Crippen molar-refractivity contribution < 1.29 is 9.53 Å². The molecule has 0 unspecified atom stereocenters. The lowest BCUT2D eigenvalue weighted by molar-refractivity contribution is 0.0305. The van der Waals surface area contributed by atoms with Gasteiger partial charge >= 0.3 is 6.09 Å². The number of hydrogen-bond donors (Lipinski definition) is 1. The van der Waals surface area contributed by atoms with Gasteiger partial charge in [0.25, 0.3) is 0 Å². The molecule has 1 aromatic rings. The average Bonchev–Trinajstić information content (AvgIpc) is 2.37. The fourth-order valence-electron chi connectivity index (χ4n) is 1.46. The number of nitriles is 1. The number of ether oxygens (including phenoxy) is 1. The topological polar surface area (TPSA) is 65.4 Å². The molecule has 1 N–H and O–H groups in total. The van der Waals surface area contributed by atoms with Crippen molar-refractivity contribution in [3.8, 4) is 6.07 Å². The Balaban J connectivity index is 2.36. The molecule has 0 radical (unpaired) electrons. The highest BCUT2D eigenvalue weighted by atomic mass is 16.6. The normalized spacial score (nSPS) is 10.6. The van der Waals surface area contributed by atoms with E-state index < -0.39 is 5.60 Å². The summed E-state index contributed by atoms with van der Waals surface area (Å²) in [7, 11) is 1.70. The van der Waals surface area contributed by atoms with E-state index >= 15 is 0 Å². The van der Waals surface area contributed by atoms with Gasteiger partial charge in [-0.3, -0.25) is 0 Å². The molecular formula is C15H21N3O2. The zero-order valence-electron chi connectivity index (χ0n) is 12.4. The van der Waals surface area contributed by atoms with Crippen molar-refractivity contribution in [2.75, 3.05) is 25.5 Å². The highest BCUT2D eigenvalue weighted by Gasteiger charge is 2.18. The van der Waals surface area contributed by atoms with Crippen LogP contribution in [-0.2, 0) is 4.74 Å². The molecule has 0 aliphatic carbocycles. The number of likely N-dealkylation sites (N-methyl/N-ethyl adjacent to an activating group) is 1. The Bertz CT molecular complexity index is 483. The Hall–Kier alpha value is -2.22. The van der Waals surface area contributed by atoms with E-state index in [1.807, 2.05) is 32.9 Å². The fraction of sp³-hybridized carbons (Fsp3) is 0.467. The van der Waals surface area contributed by atoms with Crippen LogP contribution in [-0.4, -0.2) is 36.7 Å². The van der Waals surface area contributed by atoms with Gasteiger partial charge in [-0.15, -0.1) is 0 Å². The number of nitrogens with one attached hydrogen (secondary N) is 1. The first-order chi connectivity index (χ1) is 9.31. The molecule has 20 heavy (non-hydrogen) atoms. The Morgan fingerprint density at radius 3 is 2.45 bits per heavy atom. The van der Waals surface area contributed by atoms with Crippen LogP contribution < -0.4 is 5.32 Å². The summed E-state index contributed by atoms with van der Waals surface area (Å²) in [4.78, 5) is 13.3. The second-order valence-corrected chi connectivity index (χ2v) is 5.52. The van der Waals surface area contributed by atoms with Gasteiger partial charge in [-0.05, 0) is 45.0 Å². The number of anilines is 1. The summed E-state index contributed by atoms with van der Waals surface area (Å²) in [6, 6.07) is 9.25. The number of carbonyl (C=O) groups is 1. The van der Waals surface area contributed by atoms with Crippen LogP contribution in [0.3, 0.4) is 0 Å². The van der Waals surface area contributed by atoms with Crippen LogP contribution >= 0.6 is 0 Å². The maximum absolute atomic E-state index is 11.7. The zero-order valence-corrected chi connectivity index (χ0v) is 12.4. The lowest BCUT2D eigenvalue weighted by Gasteiger charge is -2.24. The molecule has 0 saturated carbocycles. The Morgan fingerprint density at radius 1 is 1.35 bits per heavy atom. The lowest BCUT2D eigenvalue weighted by atomic mass is 10.2. The number of carbonyl (C=O) groups excluding carboxylic acids is 1. The molecule has 5 heteroatoms. The van der Waals surface area contributed by atoms with Gasteiger partial charge in [0.1, 0.15) is 5.60 Å². The predicted molar refractivity (Wildman–Crippen MR) is 78.5 cm³/mol. The van der Waals surface area contributed by atoms with E-state index in [1.54, 1.807) is 19.2 Å². The molecule has 1 aromatic carbocycles. The van der Waals surface area contributed by atoms with E-state index in [-0.39, 0.29) is 6.09 Å². The van der Waals surface area contributed by atoms with Crippen molar-refractivity contribution in [1.82, 2.24) is 4.90 Å². The Kier molecular flexibility index (Phi) is 5.39. The molecular weight excluding hydrogens is 254 g/mol. The molecule has 0 atom stereocenters. The minimum atomic E-state index is -0.480. The quantitative estimate of drug-likeness (QED) is 0.917. The first-order valence-corrected chi connectivity index (χ1v) is 6.50. The van der Waals surface area contributed by atoms with E-state index in [4.69, 9.17) is 10.00 Å². The van der Waals surface area contributed by atoms with Gasteiger partial charge in [0.05, 0.1) is 11.6 Å². The molecule has 1 amide bonds. The van der Waals surface area contributed by atoms with E-state index in [9.17, 15) is 4.79 Å². The summed E-state index contributed by atoms with van der Waals surface area (Å²) in [5, 5.41) is 11.9. The Labute approximate surface area is 120 Å². The van der Waals surface area contributed by atoms with Gasteiger partial charge in [-0.1, -0.05) is 0 Å². The third-order valence-electron chi connectivity index (χ3n) is 2.50. The fourth-order valence-corrected chi connectivity index (χ4v) is 1.46. The van der Waals surface area contributed by atoms with Gasteiger partial charge in [0.2, 0.25) is 0 Å². The van der Waals surface area contributed by atoms with Crippen LogP contribution in [0.2, 0.25) is 0 Å². The molecule has 0 aromatic heterocycles. The molecule has 0 bridgehead atoms. The van der Waals surface area contributed by atoms with E-state index in [2.05, 4.69) is 11.4 Å². The lowest BCUT2D eigenvalue weighted by Crippen LogP contribution is -2.36. The second kappa shape index (κ2) is 6.80. The SMILES string of the molecule is CN(CCNc1ccc(C#N)cc1)C(=O)OC(C)(C)C. The maximum Gasteiger partial charge on any atom is 0.410 e. The molecule has 5 nitrogen and oxygen atoms in total. The van der Waals surface area contributed by atoms with Crippen molar-refractivity contribution in [3.63, 3.8) is 0 Å². The smallest absolute Gasteiger partial charge is 0.410 e. The Morgan fingerprint density at radius 2 is 1.95 bits per heavy atom. The summed E-state index contributed by atoms with van der Waals surface area (Å²) in [5.41, 5.74) is 1.06. The standard InChI is InChI=1S/C15H21N3O2/c1-15(2,3)20-14(19)18(4)10-9-17-13-7-5-12(11-16)6-8-13/h5-8,17H,9-10H2,1-4H3. The summed E-state index contributed by atoms with van der Waals surface area (Å²) >= 11 is 0. The molecule has 0 aliphatic rings. The van der Waals surface area contributed by atoms with Gasteiger partial charge < -0.3 is 15.0 Å². The molecule has 0 fully saturated rings. The number of hydrogen-bond acceptors (Lipinski definition) is 4. The van der Waals surface area contributed by atoms with Crippen LogP contribution in [0.15, 0.2) is 24.3 Å². The molecule has 0 heterocycles. The van der Waals surface area contributed by atoms with Crippen LogP contribution in [0.1, 0.15) is 26.3 Å². The number of amides is 1. The predicted octanol–water partition coefficient (Wildman–Crippen LogP) is 2.84. The maximum atomic E-state index is 11.7. The van der Waals surface area contributed by atoms with Crippen LogP contribution in [0, 0.1) is 11.3 Å². The van der Waals surface area contributed by atoms with Crippen molar-refractivity contribution >= 4 is 11.8 Å². The first kappa shape index (κ1) is 15.8. The number of rotatable bonds is 4. The molecule has 108 valence electrons. The van der Waals surface area contributed by atoms with Crippen molar-refractivity contribution in [3.05, 3.63) is 29.8 Å². The summed E-state index contributed by atoms with van der Waals surface area (Å²) < 4.78 is 5.26. The van der Waals surface area contributed by atoms with E-state index in [0.29, 0.717) is 18.7 Å². The minimum absolute atomic E-state index is 0.334. The highest BCUT2D eigenvalue weighted by molar-refractivity contribution is 5.67. The third kappa shape index (κ3) is 5.61. The first-order valence-electron chi connectivity index (χ1n) is 6.50. The van der Waals surface area contributed by atoms with Gasteiger partial charge in [0.15, 0.2) is 0 Å². The highest BCUT2D eigenvalue weighted by Crippen LogP contribution is 2.10. The van der Waals surface area contributed by atoms with Crippen LogP contribution in [0.25, 0.3) is 0 Å². The van der Waals surface area contributed by atoms with Crippen molar-refractivity contribution in [1.29, 1.82) is 5.26 Å². The van der Waals surface area contributed by atoms with E-state index in [1.165, 1.54) is 4.90 Å². The second-order valence-electron chi connectivity index (χ2n) is 5.52. The summed E-state index contributed by atoms with van der Waals surface area (Å²) in [5.74, 6) is 0. The molecule has 1 rings (SSSR count). The largest absolute Gasteiger partial charge is 0.444 e. The average molecular weight is 275 g/mol. The minimum Gasteiger partial charge on any atom is -0.444 e. The molecule has 0 spiro atoms. The van der Waals surface area contributed by atoms with E-state index in [0.717, 1.165) is 5.69 Å². The monoisotopic (exact) mass is 275 g/mol. The molecule has 0 aliphatic heterocycles. The summed E-state index contributed by atoms with van der Waals surface area (Å²) in [6.45, 7) is 6.67. The van der Waals surface area contributed by atoms with Crippen molar-refractivity contribution in [2.45, 2.75) is 26.4 Å². The van der Waals surface area contributed by atoms with Gasteiger partial charge in [0, 0.05) is 25.8 Å². The summed E-state index contributed by atoms with van der Waals surface area (Å²) in [6.07, 6.45) is -0.334. The van der Waals surface area contributed by atoms with Gasteiger partial charge in [-0.25, -0.2) is 4.79 Å². The van der Waals surface area contributed by atoms with Gasteiger partial charge in [-0.2, -0.15) is 5.26 Å².